The first-order valence-corrected chi connectivity index (χ1v) is 10.6. The molecule has 1 amide bonds. The summed E-state index contributed by atoms with van der Waals surface area (Å²) < 4.78 is 12.7. The maximum Gasteiger partial charge on any atom is 0.234 e. The van der Waals surface area contributed by atoms with Gasteiger partial charge in [0.25, 0.3) is 0 Å². The molecule has 30 heavy (non-hydrogen) atoms. The van der Waals surface area contributed by atoms with Crippen LogP contribution in [0.25, 0.3) is 0 Å². The predicted molar refractivity (Wildman–Crippen MR) is 117 cm³/mol. The van der Waals surface area contributed by atoms with E-state index >= 15 is 0 Å². The number of amides is 1. The summed E-state index contributed by atoms with van der Waals surface area (Å²) >= 11 is 1.32. The number of rotatable bonds is 10. The Bertz CT molecular complexity index is 973. The van der Waals surface area contributed by atoms with Gasteiger partial charge in [0, 0.05) is 6.54 Å². The molecule has 0 aliphatic carbocycles. The Morgan fingerprint density at radius 2 is 1.97 bits per heavy atom. The molecule has 0 atom stereocenters. The zero-order valence-corrected chi connectivity index (χ0v) is 17.8. The highest BCUT2D eigenvalue weighted by atomic mass is 32.2. The second-order valence-electron chi connectivity index (χ2n) is 6.39. The van der Waals surface area contributed by atoms with Crippen LogP contribution in [0, 0.1) is 0 Å². The minimum Gasteiger partial charge on any atom is -0.497 e. The number of aliphatic hydroxyl groups excluding tert-OH is 1. The fraction of sp³-hybridized carbons (Fsp3) is 0.273. The first kappa shape index (κ1) is 21.7. The Morgan fingerprint density at radius 1 is 1.20 bits per heavy atom. The molecule has 3 aromatic rings. The van der Waals surface area contributed by atoms with Crippen molar-refractivity contribution in [3.8, 4) is 11.5 Å². The van der Waals surface area contributed by atoms with Gasteiger partial charge in [-0.1, -0.05) is 36.0 Å². The van der Waals surface area contributed by atoms with Crippen LogP contribution in [-0.2, 0) is 17.9 Å². The third-order valence-electron chi connectivity index (χ3n) is 4.36. The molecule has 0 spiro atoms. The van der Waals surface area contributed by atoms with Gasteiger partial charge in [-0.15, -0.1) is 0 Å². The number of carbonyl (C=O) groups is 1. The van der Waals surface area contributed by atoms with Crippen molar-refractivity contribution in [3.05, 3.63) is 66.0 Å². The van der Waals surface area contributed by atoms with Gasteiger partial charge in [0.2, 0.25) is 5.91 Å². The number of nitrogens with one attached hydrogen (secondary N) is 1. The third kappa shape index (κ3) is 5.55. The van der Waals surface area contributed by atoms with Gasteiger partial charge < -0.3 is 24.5 Å². The molecule has 0 saturated heterocycles. The van der Waals surface area contributed by atoms with E-state index in [9.17, 15) is 9.90 Å². The second kappa shape index (κ2) is 10.7. The van der Waals surface area contributed by atoms with Gasteiger partial charge in [0.15, 0.2) is 5.16 Å². The quantitative estimate of drug-likeness (QED) is 0.481. The molecule has 0 unspecified atom stereocenters. The van der Waals surface area contributed by atoms with Crippen LogP contribution in [0.15, 0.2) is 59.9 Å². The maximum absolute atomic E-state index is 12.5. The number of imidazole rings is 1. The zero-order valence-electron chi connectivity index (χ0n) is 17.0. The van der Waals surface area contributed by atoms with Crippen molar-refractivity contribution in [2.24, 2.45) is 0 Å². The summed E-state index contributed by atoms with van der Waals surface area (Å²) in [5.41, 5.74) is 2.37. The molecule has 7 nitrogen and oxygen atoms in total. The van der Waals surface area contributed by atoms with Crippen LogP contribution >= 0.6 is 11.8 Å². The van der Waals surface area contributed by atoms with E-state index in [1.54, 1.807) is 13.3 Å². The Labute approximate surface area is 180 Å². The van der Waals surface area contributed by atoms with E-state index in [0.717, 1.165) is 11.3 Å². The molecule has 8 heteroatoms. The van der Waals surface area contributed by atoms with Crippen LogP contribution in [-0.4, -0.2) is 40.0 Å². The summed E-state index contributed by atoms with van der Waals surface area (Å²) in [6.45, 7) is 2.83. The minimum atomic E-state index is -0.156. The van der Waals surface area contributed by atoms with Gasteiger partial charge in [0.05, 0.1) is 43.7 Å². The van der Waals surface area contributed by atoms with E-state index in [2.05, 4.69) is 10.3 Å². The third-order valence-corrected chi connectivity index (χ3v) is 5.35. The van der Waals surface area contributed by atoms with Gasteiger partial charge in [0.1, 0.15) is 11.5 Å². The van der Waals surface area contributed by atoms with Gasteiger partial charge in [-0.2, -0.15) is 0 Å². The van der Waals surface area contributed by atoms with Gasteiger partial charge in [-0.05, 0) is 36.8 Å². The van der Waals surface area contributed by atoms with Crippen molar-refractivity contribution < 1.29 is 19.4 Å². The Balaban J connectivity index is 1.66. The summed E-state index contributed by atoms with van der Waals surface area (Å²) in [6.07, 6.45) is 1.63. The first-order valence-electron chi connectivity index (χ1n) is 9.57. The molecule has 0 bridgehead atoms. The van der Waals surface area contributed by atoms with Crippen molar-refractivity contribution >= 4 is 23.4 Å². The Kier molecular flexibility index (Phi) is 7.75. The smallest absolute Gasteiger partial charge is 0.234 e. The number of ether oxygens (including phenoxy) is 2. The number of aromatic nitrogens is 2. The van der Waals surface area contributed by atoms with Crippen molar-refractivity contribution in [2.75, 3.05) is 24.8 Å². The maximum atomic E-state index is 12.5. The number of methoxy groups -OCH3 is 1. The molecule has 1 heterocycles. The van der Waals surface area contributed by atoms with Gasteiger partial charge >= 0.3 is 0 Å². The number of hydrogen-bond donors (Lipinski definition) is 2. The minimum absolute atomic E-state index is 0.127. The fourth-order valence-corrected chi connectivity index (χ4v) is 3.68. The number of nitrogens with zero attached hydrogens (tertiary/aromatic N) is 2. The second-order valence-corrected chi connectivity index (χ2v) is 7.33. The van der Waals surface area contributed by atoms with Crippen molar-refractivity contribution in [1.29, 1.82) is 0 Å². The lowest BCUT2D eigenvalue weighted by molar-refractivity contribution is -0.113. The lowest BCUT2D eigenvalue weighted by Crippen LogP contribution is -2.16. The molecule has 2 N–H and O–H groups in total. The monoisotopic (exact) mass is 427 g/mol. The largest absolute Gasteiger partial charge is 0.497 e. The predicted octanol–water partition coefficient (Wildman–Crippen LogP) is 3.56. The molecular weight excluding hydrogens is 402 g/mol. The van der Waals surface area contributed by atoms with Crippen molar-refractivity contribution in [2.45, 2.75) is 25.2 Å². The first-order chi connectivity index (χ1) is 14.6. The number of hydrogen-bond acceptors (Lipinski definition) is 6. The molecule has 0 aliphatic rings. The summed E-state index contributed by atoms with van der Waals surface area (Å²) in [5.74, 6) is 1.45. The average molecular weight is 428 g/mol. The van der Waals surface area contributed by atoms with E-state index in [-0.39, 0.29) is 18.3 Å². The highest BCUT2D eigenvalue weighted by Gasteiger charge is 2.14. The molecule has 0 aliphatic heterocycles. The SMILES string of the molecule is CCOc1ccccc1NC(=O)CSc1ncc(CO)n1Cc1ccc(OC)cc1. The number of aliphatic hydroxyl groups is 1. The van der Waals surface area contributed by atoms with E-state index in [0.29, 0.717) is 35.4 Å². The topological polar surface area (TPSA) is 85.6 Å². The van der Waals surface area contributed by atoms with Crippen LogP contribution in [0.4, 0.5) is 5.69 Å². The number of para-hydroxylation sites is 2. The average Bonchev–Trinajstić information content (AvgIpc) is 3.16. The van der Waals surface area contributed by atoms with E-state index in [4.69, 9.17) is 9.47 Å². The van der Waals surface area contributed by atoms with Crippen LogP contribution in [0.5, 0.6) is 11.5 Å². The molecule has 0 radical (unpaired) electrons. The molecule has 0 saturated carbocycles. The molecule has 0 fully saturated rings. The van der Waals surface area contributed by atoms with Crippen LogP contribution in [0.3, 0.4) is 0 Å². The van der Waals surface area contributed by atoms with E-state index in [1.807, 2.05) is 60.0 Å². The normalized spacial score (nSPS) is 10.6. The van der Waals surface area contributed by atoms with Gasteiger partial charge in [-0.3, -0.25) is 4.79 Å². The Hall–Kier alpha value is -2.97. The lowest BCUT2D eigenvalue weighted by Gasteiger charge is -2.12. The lowest BCUT2D eigenvalue weighted by atomic mass is 10.2. The molecule has 2 aromatic carbocycles. The summed E-state index contributed by atoms with van der Waals surface area (Å²) in [6, 6.07) is 15.0. The number of benzene rings is 2. The zero-order chi connectivity index (χ0) is 21.3. The van der Waals surface area contributed by atoms with Crippen LogP contribution in [0.1, 0.15) is 18.2 Å². The summed E-state index contributed by atoms with van der Waals surface area (Å²) in [5, 5.41) is 13.2. The summed E-state index contributed by atoms with van der Waals surface area (Å²) in [7, 11) is 1.63. The molecule has 3 rings (SSSR count). The fourth-order valence-electron chi connectivity index (χ4n) is 2.88. The summed E-state index contributed by atoms with van der Waals surface area (Å²) in [4.78, 5) is 16.9. The highest BCUT2D eigenvalue weighted by Crippen LogP contribution is 2.25. The number of thioether (sulfide) groups is 1. The van der Waals surface area contributed by atoms with E-state index in [1.165, 1.54) is 11.8 Å². The standard InChI is InChI=1S/C22H25N3O4S/c1-3-29-20-7-5-4-6-19(20)24-21(27)15-30-22-23-12-17(14-26)25(22)13-16-8-10-18(28-2)11-9-16/h4-12,26H,3,13-15H2,1-2H3,(H,24,27). The van der Waals surface area contributed by atoms with Crippen LogP contribution < -0.4 is 14.8 Å². The number of anilines is 1. The van der Waals surface area contributed by atoms with Crippen molar-refractivity contribution in [3.63, 3.8) is 0 Å². The molecular formula is C22H25N3O4S. The van der Waals surface area contributed by atoms with Crippen LogP contribution in [0.2, 0.25) is 0 Å². The van der Waals surface area contributed by atoms with Crippen molar-refractivity contribution in [1.82, 2.24) is 9.55 Å². The van der Waals surface area contributed by atoms with E-state index < -0.39 is 0 Å². The van der Waals surface area contributed by atoms with Gasteiger partial charge in [-0.25, -0.2) is 4.98 Å². The Morgan fingerprint density at radius 3 is 2.67 bits per heavy atom. The molecule has 1 aromatic heterocycles. The highest BCUT2D eigenvalue weighted by molar-refractivity contribution is 7.99. The molecule has 158 valence electrons. The number of carbonyl (C=O) groups excluding carboxylic acids is 1.